The van der Waals surface area contributed by atoms with E-state index in [0.29, 0.717) is 43.7 Å². The highest BCUT2D eigenvalue weighted by Gasteiger charge is 2.12. The molecule has 0 aliphatic heterocycles. The summed E-state index contributed by atoms with van der Waals surface area (Å²) in [5.74, 6) is 0.242. The molecule has 0 aliphatic carbocycles. The standard InChI is InChI=1S/C14H19FN4O2/c1-19(10-11-5-3-4-6-12(11)15)14-18-17-13(21-14)9-16-7-8-20-2/h3-6,16H,7-10H2,1-2H3. The molecule has 1 aromatic heterocycles. The number of rotatable bonds is 8. The molecule has 0 spiro atoms. The largest absolute Gasteiger partial charge is 0.407 e. The van der Waals surface area contributed by atoms with Crippen molar-refractivity contribution in [1.82, 2.24) is 15.5 Å². The molecule has 0 atom stereocenters. The summed E-state index contributed by atoms with van der Waals surface area (Å²) in [7, 11) is 3.42. The van der Waals surface area contributed by atoms with Gasteiger partial charge in [-0.3, -0.25) is 0 Å². The van der Waals surface area contributed by atoms with Crippen molar-refractivity contribution >= 4 is 6.01 Å². The molecule has 21 heavy (non-hydrogen) atoms. The summed E-state index contributed by atoms with van der Waals surface area (Å²) >= 11 is 0. The zero-order chi connectivity index (χ0) is 15.1. The van der Waals surface area contributed by atoms with Crippen LogP contribution in [0.1, 0.15) is 11.5 Å². The molecule has 1 aromatic carbocycles. The number of anilines is 1. The minimum atomic E-state index is -0.245. The van der Waals surface area contributed by atoms with E-state index < -0.39 is 0 Å². The molecule has 7 heteroatoms. The fourth-order valence-corrected chi connectivity index (χ4v) is 1.79. The van der Waals surface area contributed by atoms with E-state index in [1.54, 1.807) is 37.3 Å². The van der Waals surface area contributed by atoms with Gasteiger partial charge in [-0.05, 0) is 6.07 Å². The molecular weight excluding hydrogens is 275 g/mol. The third kappa shape index (κ3) is 4.51. The summed E-state index contributed by atoms with van der Waals surface area (Å²) in [5, 5.41) is 11.0. The molecule has 0 fully saturated rings. The monoisotopic (exact) mass is 294 g/mol. The van der Waals surface area contributed by atoms with E-state index in [1.807, 2.05) is 0 Å². The first-order valence-electron chi connectivity index (χ1n) is 6.67. The number of nitrogens with zero attached hydrogens (tertiary/aromatic N) is 3. The van der Waals surface area contributed by atoms with Crippen molar-refractivity contribution in [2.45, 2.75) is 13.1 Å². The summed E-state index contributed by atoms with van der Waals surface area (Å²) in [5.41, 5.74) is 0.581. The Morgan fingerprint density at radius 1 is 1.33 bits per heavy atom. The van der Waals surface area contributed by atoms with Gasteiger partial charge in [0, 0.05) is 32.8 Å². The first-order chi connectivity index (χ1) is 10.2. The molecule has 0 amide bonds. The minimum absolute atomic E-state index is 0.245. The fourth-order valence-electron chi connectivity index (χ4n) is 1.79. The summed E-state index contributed by atoms with van der Waals surface area (Å²) in [6.45, 7) is 2.17. The normalized spacial score (nSPS) is 10.8. The van der Waals surface area contributed by atoms with E-state index in [2.05, 4.69) is 15.5 Å². The van der Waals surface area contributed by atoms with Crippen molar-refractivity contribution < 1.29 is 13.5 Å². The topological polar surface area (TPSA) is 63.4 Å². The van der Waals surface area contributed by atoms with Crippen LogP contribution in [0.3, 0.4) is 0 Å². The van der Waals surface area contributed by atoms with E-state index in [9.17, 15) is 4.39 Å². The lowest BCUT2D eigenvalue weighted by Crippen LogP contribution is -2.18. The Hall–Kier alpha value is -1.99. The quantitative estimate of drug-likeness (QED) is 0.746. The van der Waals surface area contributed by atoms with Gasteiger partial charge >= 0.3 is 6.01 Å². The second-order valence-electron chi connectivity index (χ2n) is 4.60. The van der Waals surface area contributed by atoms with Crippen molar-refractivity contribution in [2.75, 3.05) is 32.2 Å². The van der Waals surface area contributed by atoms with Crippen LogP contribution in [-0.2, 0) is 17.8 Å². The van der Waals surface area contributed by atoms with Gasteiger partial charge in [-0.25, -0.2) is 4.39 Å². The number of nitrogens with one attached hydrogen (secondary N) is 1. The van der Waals surface area contributed by atoms with Crippen LogP contribution in [0.2, 0.25) is 0 Å². The third-order valence-corrected chi connectivity index (χ3v) is 2.91. The number of hydrogen-bond acceptors (Lipinski definition) is 6. The van der Waals surface area contributed by atoms with Crippen LogP contribution in [0.15, 0.2) is 28.7 Å². The van der Waals surface area contributed by atoms with Crippen molar-refractivity contribution in [3.05, 3.63) is 41.5 Å². The Bertz CT molecular complexity index is 561. The highest BCUT2D eigenvalue weighted by molar-refractivity contribution is 5.27. The average molecular weight is 294 g/mol. The molecule has 1 N–H and O–H groups in total. The minimum Gasteiger partial charge on any atom is -0.407 e. The highest BCUT2D eigenvalue weighted by Crippen LogP contribution is 2.15. The molecule has 2 rings (SSSR count). The predicted molar refractivity (Wildman–Crippen MR) is 76.4 cm³/mol. The SMILES string of the molecule is COCCNCc1nnc(N(C)Cc2ccccc2F)o1. The second kappa shape index (κ2) is 7.70. The number of aromatic nitrogens is 2. The van der Waals surface area contributed by atoms with Crippen LogP contribution in [0, 0.1) is 5.82 Å². The van der Waals surface area contributed by atoms with Gasteiger partial charge in [-0.2, -0.15) is 0 Å². The molecular formula is C14H19FN4O2. The summed E-state index contributed by atoms with van der Waals surface area (Å²) in [6.07, 6.45) is 0. The number of halogens is 1. The molecule has 6 nitrogen and oxygen atoms in total. The summed E-state index contributed by atoms with van der Waals surface area (Å²) in [6, 6.07) is 6.99. The molecule has 114 valence electrons. The van der Waals surface area contributed by atoms with E-state index in [-0.39, 0.29) is 5.82 Å². The maximum Gasteiger partial charge on any atom is 0.318 e. The Kier molecular flexibility index (Phi) is 5.65. The second-order valence-corrected chi connectivity index (χ2v) is 4.60. The smallest absolute Gasteiger partial charge is 0.318 e. The lowest BCUT2D eigenvalue weighted by atomic mass is 10.2. The Balaban J connectivity index is 1.90. The van der Waals surface area contributed by atoms with Crippen LogP contribution in [0.25, 0.3) is 0 Å². The Labute approximate surface area is 122 Å². The molecule has 0 aliphatic rings. The van der Waals surface area contributed by atoms with Crippen molar-refractivity contribution in [3.8, 4) is 0 Å². The van der Waals surface area contributed by atoms with Gasteiger partial charge < -0.3 is 19.4 Å². The first kappa shape index (κ1) is 15.4. The van der Waals surface area contributed by atoms with Gasteiger partial charge in [0.1, 0.15) is 5.82 Å². The zero-order valence-corrected chi connectivity index (χ0v) is 12.2. The van der Waals surface area contributed by atoms with E-state index in [0.717, 1.165) is 0 Å². The maximum atomic E-state index is 13.6. The highest BCUT2D eigenvalue weighted by atomic mass is 19.1. The maximum absolute atomic E-state index is 13.6. The molecule has 0 saturated carbocycles. The van der Waals surface area contributed by atoms with E-state index in [1.165, 1.54) is 6.07 Å². The number of ether oxygens (including phenoxy) is 1. The van der Waals surface area contributed by atoms with Gasteiger partial charge in [0.05, 0.1) is 13.2 Å². The Morgan fingerprint density at radius 3 is 2.90 bits per heavy atom. The van der Waals surface area contributed by atoms with Gasteiger partial charge in [0.15, 0.2) is 0 Å². The van der Waals surface area contributed by atoms with E-state index in [4.69, 9.17) is 9.15 Å². The van der Waals surface area contributed by atoms with Crippen LogP contribution in [-0.4, -0.2) is 37.5 Å². The van der Waals surface area contributed by atoms with Crippen LogP contribution < -0.4 is 10.2 Å². The molecule has 0 saturated heterocycles. The first-order valence-corrected chi connectivity index (χ1v) is 6.67. The van der Waals surface area contributed by atoms with Crippen molar-refractivity contribution in [2.24, 2.45) is 0 Å². The van der Waals surface area contributed by atoms with Gasteiger partial charge in [-0.1, -0.05) is 23.3 Å². The molecule has 1 heterocycles. The number of hydrogen-bond donors (Lipinski definition) is 1. The number of benzene rings is 1. The summed E-state index contributed by atoms with van der Waals surface area (Å²) < 4.78 is 24.0. The van der Waals surface area contributed by atoms with Crippen LogP contribution >= 0.6 is 0 Å². The Morgan fingerprint density at radius 2 is 2.14 bits per heavy atom. The molecule has 0 bridgehead atoms. The lowest BCUT2D eigenvalue weighted by Gasteiger charge is -2.14. The van der Waals surface area contributed by atoms with Crippen molar-refractivity contribution in [1.29, 1.82) is 0 Å². The third-order valence-electron chi connectivity index (χ3n) is 2.91. The molecule has 0 unspecified atom stereocenters. The summed E-state index contributed by atoms with van der Waals surface area (Å²) in [4.78, 5) is 1.71. The fraction of sp³-hybridized carbons (Fsp3) is 0.429. The predicted octanol–water partition coefficient (Wildman–Crippen LogP) is 1.58. The average Bonchev–Trinajstić information content (AvgIpc) is 2.95. The van der Waals surface area contributed by atoms with Crippen LogP contribution in [0.5, 0.6) is 0 Å². The molecule has 0 radical (unpaired) electrons. The van der Waals surface area contributed by atoms with E-state index >= 15 is 0 Å². The zero-order valence-electron chi connectivity index (χ0n) is 12.2. The lowest BCUT2D eigenvalue weighted by molar-refractivity contribution is 0.198. The van der Waals surface area contributed by atoms with Gasteiger partial charge in [0.2, 0.25) is 5.89 Å². The molecule has 2 aromatic rings. The van der Waals surface area contributed by atoms with Gasteiger partial charge in [0.25, 0.3) is 0 Å². The number of methoxy groups -OCH3 is 1. The van der Waals surface area contributed by atoms with Crippen molar-refractivity contribution in [3.63, 3.8) is 0 Å². The van der Waals surface area contributed by atoms with Crippen LogP contribution in [0.4, 0.5) is 10.4 Å². The van der Waals surface area contributed by atoms with Gasteiger partial charge in [-0.15, -0.1) is 5.10 Å².